The molecule has 0 amide bonds. The van der Waals surface area contributed by atoms with Gasteiger partial charge in [-0.1, -0.05) is 37.6 Å². The van der Waals surface area contributed by atoms with Gasteiger partial charge in [0.2, 0.25) is 10.0 Å². The van der Waals surface area contributed by atoms with Crippen LogP contribution in [0, 0.1) is 5.92 Å². The van der Waals surface area contributed by atoms with E-state index in [0.29, 0.717) is 10.4 Å². The fourth-order valence-corrected chi connectivity index (χ4v) is 3.84. The third kappa shape index (κ3) is 3.99. The fourth-order valence-electron chi connectivity index (χ4n) is 2.25. The molecule has 1 aromatic carbocycles. The Kier molecular flexibility index (Phi) is 5.23. The van der Waals surface area contributed by atoms with Crippen molar-refractivity contribution < 1.29 is 18.3 Å². The number of halogens is 1. The zero-order chi connectivity index (χ0) is 17.2. The van der Waals surface area contributed by atoms with Crippen molar-refractivity contribution in [1.29, 1.82) is 0 Å². The minimum Gasteiger partial charge on any atom is -0.480 e. The minimum atomic E-state index is -4.05. The lowest BCUT2D eigenvalue weighted by molar-refractivity contribution is -0.139. The highest BCUT2D eigenvalue weighted by Crippen LogP contribution is 2.26. The molecule has 0 spiro atoms. The van der Waals surface area contributed by atoms with Crippen molar-refractivity contribution in [3.63, 3.8) is 0 Å². The molecular formula is C15H17ClN2O4S. The molecule has 1 atom stereocenters. The predicted octanol–water partition coefficient (Wildman–Crippen LogP) is 2.67. The first kappa shape index (κ1) is 17.7. The van der Waals surface area contributed by atoms with Crippen LogP contribution in [0.3, 0.4) is 0 Å². The van der Waals surface area contributed by atoms with Crippen molar-refractivity contribution >= 4 is 38.5 Å². The second-order valence-corrected chi connectivity index (χ2v) is 7.68. The van der Waals surface area contributed by atoms with Gasteiger partial charge in [-0.3, -0.25) is 9.78 Å². The van der Waals surface area contributed by atoms with Gasteiger partial charge in [-0.25, -0.2) is 8.42 Å². The van der Waals surface area contributed by atoms with Crippen LogP contribution in [0.15, 0.2) is 35.4 Å². The first-order chi connectivity index (χ1) is 10.7. The lowest BCUT2D eigenvalue weighted by atomic mass is 10.1. The summed E-state index contributed by atoms with van der Waals surface area (Å²) in [6.45, 7) is 3.65. The van der Waals surface area contributed by atoms with Crippen LogP contribution in [0.1, 0.15) is 20.3 Å². The van der Waals surface area contributed by atoms with Crippen molar-refractivity contribution in [2.45, 2.75) is 31.2 Å². The lowest BCUT2D eigenvalue weighted by Gasteiger charge is -2.17. The van der Waals surface area contributed by atoms with Gasteiger partial charge in [0.1, 0.15) is 10.9 Å². The van der Waals surface area contributed by atoms with Gasteiger partial charge in [-0.15, -0.1) is 0 Å². The summed E-state index contributed by atoms with van der Waals surface area (Å²) in [5.74, 6) is -1.19. The van der Waals surface area contributed by atoms with Crippen molar-refractivity contribution in [3.8, 4) is 0 Å². The first-order valence-electron chi connectivity index (χ1n) is 7.00. The number of carboxylic acid groups (broad SMARTS) is 1. The first-order valence-corrected chi connectivity index (χ1v) is 8.87. The van der Waals surface area contributed by atoms with Crippen molar-refractivity contribution in [2.24, 2.45) is 5.92 Å². The zero-order valence-corrected chi connectivity index (χ0v) is 14.2. The Hall–Kier alpha value is -1.70. The minimum absolute atomic E-state index is 0.0267. The van der Waals surface area contributed by atoms with Crippen LogP contribution in [-0.4, -0.2) is 30.5 Å². The summed E-state index contributed by atoms with van der Waals surface area (Å²) in [6, 6.07) is 4.94. The molecule has 8 heteroatoms. The summed E-state index contributed by atoms with van der Waals surface area (Å²) < 4.78 is 27.4. The number of para-hydroxylation sites is 1. The van der Waals surface area contributed by atoms with E-state index in [1.54, 1.807) is 18.2 Å². The van der Waals surface area contributed by atoms with E-state index < -0.39 is 22.0 Å². The number of rotatable bonds is 6. The third-order valence-corrected chi connectivity index (χ3v) is 5.11. The molecule has 1 aromatic heterocycles. The number of carbonyl (C=O) groups is 1. The van der Waals surface area contributed by atoms with Gasteiger partial charge in [0.25, 0.3) is 0 Å². The Labute approximate surface area is 139 Å². The maximum atomic E-state index is 12.6. The molecule has 2 rings (SSSR count). The van der Waals surface area contributed by atoms with E-state index in [0.717, 1.165) is 0 Å². The van der Waals surface area contributed by atoms with Crippen LogP contribution in [0.25, 0.3) is 10.9 Å². The quantitative estimate of drug-likeness (QED) is 0.829. The van der Waals surface area contributed by atoms with Gasteiger partial charge in [0, 0.05) is 11.6 Å². The Morgan fingerprint density at radius 1 is 1.35 bits per heavy atom. The second kappa shape index (κ2) is 6.82. The topological polar surface area (TPSA) is 96.4 Å². The Morgan fingerprint density at radius 2 is 2.04 bits per heavy atom. The average Bonchev–Trinajstić information content (AvgIpc) is 2.45. The molecule has 0 saturated heterocycles. The number of hydrogen-bond donors (Lipinski definition) is 2. The highest BCUT2D eigenvalue weighted by atomic mass is 35.5. The van der Waals surface area contributed by atoms with Gasteiger partial charge in [0.15, 0.2) is 0 Å². The molecule has 0 fully saturated rings. The number of nitrogens with zero attached hydrogens (tertiary/aromatic N) is 1. The number of sulfonamides is 1. The number of hydrogen-bond acceptors (Lipinski definition) is 4. The number of benzene rings is 1. The summed E-state index contributed by atoms with van der Waals surface area (Å²) in [6.07, 6.45) is 1.60. The highest BCUT2D eigenvalue weighted by molar-refractivity contribution is 7.89. The third-order valence-electron chi connectivity index (χ3n) is 3.27. The molecular weight excluding hydrogens is 340 g/mol. The van der Waals surface area contributed by atoms with Crippen LogP contribution >= 0.6 is 11.6 Å². The molecule has 0 radical (unpaired) electrons. The van der Waals surface area contributed by atoms with E-state index >= 15 is 0 Å². The molecule has 0 unspecified atom stereocenters. The SMILES string of the molecule is CC(C)C[C@@H](NS(=O)(=O)c1cccc2c(Cl)ccnc12)C(=O)O. The van der Waals surface area contributed by atoms with Gasteiger partial charge in [0.05, 0.1) is 10.5 Å². The number of pyridine rings is 1. The van der Waals surface area contributed by atoms with Crippen LogP contribution in [0.4, 0.5) is 0 Å². The normalized spacial score (nSPS) is 13.4. The number of carboxylic acids is 1. The van der Waals surface area contributed by atoms with E-state index in [1.165, 1.54) is 12.3 Å². The zero-order valence-electron chi connectivity index (χ0n) is 12.7. The van der Waals surface area contributed by atoms with E-state index in [4.69, 9.17) is 11.6 Å². The number of aromatic nitrogens is 1. The lowest BCUT2D eigenvalue weighted by Crippen LogP contribution is -2.41. The van der Waals surface area contributed by atoms with Crippen LogP contribution < -0.4 is 4.72 Å². The molecule has 124 valence electrons. The summed E-state index contributed by atoms with van der Waals surface area (Å²) in [5.41, 5.74) is 0.209. The number of fused-ring (bicyclic) bond motifs is 1. The monoisotopic (exact) mass is 356 g/mol. The molecule has 23 heavy (non-hydrogen) atoms. The molecule has 2 N–H and O–H groups in total. The van der Waals surface area contributed by atoms with Gasteiger partial charge < -0.3 is 5.11 Å². The summed E-state index contributed by atoms with van der Waals surface area (Å²) in [7, 11) is -4.05. The Morgan fingerprint density at radius 3 is 2.65 bits per heavy atom. The Balaban J connectivity index is 2.48. The van der Waals surface area contributed by atoms with Crippen molar-refractivity contribution in [2.75, 3.05) is 0 Å². The van der Waals surface area contributed by atoms with Gasteiger partial charge in [-0.05, 0) is 24.5 Å². The van der Waals surface area contributed by atoms with Crippen LogP contribution in [-0.2, 0) is 14.8 Å². The van der Waals surface area contributed by atoms with Gasteiger partial charge in [-0.2, -0.15) is 4.72 Å². The highest BCUT2D eigenvalue weighted by Gasteiger charge is 2.27. The van der Waals surface area contributed by atoms with E-state index in [1.807, 2.05) is 13.8 Å². The maximum absolute atomic E-state index is 12.6. The van der Waals surface area contributed by atoms with E-state index in [2.05, 4.69) is 9.71 Å². The van der Waals surface area contributed by atoms with Crippen LogP contribution in [0.5, 0.6) is 0 Å². The largest absolute Gasteiger partial charge is 0.480 e. The molecule has 1 heterocycles. The molecule has 2 aromatic rings. The number of aliphatic carboxylic acids is 1. The molecule has 0 saturated carbocycles. The predicted molar refractivity (Wildman–Crippen MR) is 88.0 cm³/mol. The molecule has 0 aliphatic carbocycles. The standard InChI is InChI=1S/C15H17ClN2O4S/c1-9(2)8-12(15(19)20)18-23(21,22)13-5-3-4-10-11(16)6-7-17-14(10)13/h3-7,9,12,18H,8H2,1-2H3,(H,19,20)/t12-/m1/s1. The van der Waals surface area contributed by atoms with E-state index in [9.17, 15) is 18.3 Å². The maximum Gasteiger partial charge on any atom is 0.321 e. The molecule has 6 nitrogen and oxygen atoms in total. The van der Waals surface area contributed by atoms with E-state index in [-0.39, 0.29) is 22.8 Å². The summed E-state index contributed by atoms with van der Waals surface area (Å²) in [4.78, 5) is 15.3. The van der Waals surface area contributed by atoms with Crippen molar-refractivity contribution in [3.05, 3.63) is 35.5 Å². The van der Waals surface area contributed by atoms with Crippen molar-refractivity contribution in [1.82, 2.24) is 9.71 Å². The molecule has 0 bridgehead atoms. The average molecular weight is 357 g/mol. The summed E-state index contributed by atoms with van der Waals surface area (Å²) >= 11 is 6.05. The fraction of sp³-hybridized carbons (Fsp3) is 0.333. The summed E-state index contributed by atoms with van der Waals surface area (Å²) in [5, 5.41) is 10.1. The molecule has 0 aliphatic heterocycles. The second-order valence-electron chi connectivity index (χ2n) is 5.59. The Bertz CT molecular complexity index is 836. The van der Waals surface area contributed by atoms with Gasteiger partial charge >= 0.3 is 5.97 Å². The number of nitrogens with one attached hydrogen (secondary N) is 1. The smallest absolute Gasteiger partial charge is 0.321 e. The molecule has 0 aliphatic rings. The van der Waals surface area contributed by atoms with Crippen LogP contribution in [0.2, 0.25) is 5.02 Å².